The quantitative estimate of drug-likeness (QED) is 0.756. The molecule has 0 saturated carbocycles. The zero-order valence-corrected chi connectivity index (χ0v) is 11.2. The standard InChI is InChI=1S/C11H16N4O2S/c1-4-6-15-7-8(12-11(15)18-5-2)14(3)10(17)13-9(7)16/h4,7-8H,1,5-6H2,2-3H3,(H,13,16,17). The summed E-state index contributed by atoms with van der Waals surface area (Å²) >= 11 is 1.57. The van der Waals surface area contributed by atoms with Gasteiger partial charge in [-0.15, -0.1) is 6.58 Å². The highest BCUT2D eigenvalue weighted by molar-refractivity contribution is 8.13. The maximum Gasteiger partial charge on any atom is 0.325 e. The number of hydrogen-bond acceptors (Lipinski definition) is 5. The summed E-state index contributed by atoms with van der Waals surface area (Å²) < 4.78 is 0. The van der Waals surface area contributed by atoms with Crippen molar-refractivity contribution in [2.75, 3.05) is 19.3 Å². The molecule has 2 aliphatic heterocycles. The van der Waals surface area contributed by atoms with Crippen molar-refractivity contribution in [3.8, 4) is 0 Å². The summed E-state index contributed by atoms with van der Waals surface area (Å²) in [5.41, 5.74) is 0. The van der Waals surface area contributed by atoms with Gasteiger partial charge in [-0.3, -0.25) is 10.1 Å². The van der Waals surface area contributed by atoms with E-state index in [2.05, 4.69) is 16.9 Å². The van der Waals surface area contributed by atoms with E-state index < -0.39 is 18.2 Å². The van der Waals surface area contributed by atoms with Crippen molar-refractivity contribution in [2.24, 2.45) is 4.99 Å². The smallest absolute Gasteiger partial charge is 0.325 e. The minimum absolute atomic E-state index is 0.291. The van der Waals surface area contributed by atoms with E-state index in [0.29, 0.717) is 6.54 Å². The first-order valence-corrected chi connectivity index (χ1v) is 6.74. The number of carbonyl (C=O) groups is 2. The van der Waals surface area contributed by atoms with Gasteiger partial charge in [-0.25, -0.2) is 9.79 Å². The Morgan fingerprint density at radius 3 is 2.89 bits per heavy atom. The lowest BCUT2D eigenvalue weighted by Crippen LogP contribution is -2.63. The molecule has 1 N–H and O–H groups in total. The summed E-state index contributed by atoms with van der Waals surface area (Å²) in [6, 6.07) is -0.842. The van der Waals surface area contributed by atoms with Gasteiger partial charge in [-0.2, -0.15) is 0 Å². The van der Waals surface area contributed by atoms with Crippen molar-refractivity contribution in [3.63, 3.8) is 0 Å². The van der Waals surface area contributed by atoms with Crippen LogP contribution in [-0.4, -0.2) is 58.5 Å². The second kappa shape index (κ2) is 5.01. The molecule has 1 saturated heterocycles. The number of hydrogen-bond donors (Lipinski definition) is 1. The molecule has 3 amide bonds. The minimum Gasteiger partial charge on any atom is -0.332 e. The average Bonchev–Trinajstić information content (AvgIpc) is 2.67. The third kappa shape index (κ3) is 1.98. The zero-order valence-electron chi connectivity index (χ0n) is 10.4. The van der Waals surface area contributed by atoms with Gasteiger partial charge < -0.3 is 9.80 Å². The third-order valence-electron chi connectivity index (χ3n) is 2.92. The van der Waals surface area contributed by atoms with Crippen molar-refractivity contribution in [2.45, 2.75) is 19.1 Å². The van der Waals surface area contributed by atoms with Crippen LogP contribution in [0.1, 0.15) is 6.92 Å². The average molecular weight is 268 g/mol. The molecule has 0 radical (unpaired) electrons. The largest absolute Gasteiger partial charge is 0.332 e. The third-order valence-corrected chi connectivity index (χ3v) is 3.81. The molecule has 0 bridgehead atoms. The Bertz CT molecular complexity index is 423. The number of amides is 3. The highest BCUT2D eigenvalue weighted by atomic mass is 32.2. The van der Waals surface area contributed by atoms with Crippen molar-refractivity contribution < 1.29 is 9.59 Å². The number of imide groups is 1. The van der Waals surface area contributed by atoms with Crippen molar-refractivity contribution in [1.29, 1.82) is 0 Å². The molecule has 18 heavy (non-hydrogen) atoms. The highest BCUT2D eigenvalue weighted by Gasteiger charge is 2.47. The second-order valence-corrected chi connectivity index (χ2v) is 5.28. The maximum absolute atomic E-state index is 11.9. The molecule has 2 heterocycles. The van der Waals surface area contributed by atoms with E-state index in [4.69, 9.17) is 0 Å². The van der Waals surface area contributed by atoms with Crippen molar-refractivity contribution >= 4 is 28.9 Å². The van der Waals surface area contributed by atoms with Crippen LogP contribution < -0.4 is 5.32 Å². The second-order valence-electron chi connectivity index (χ2n) is 4.05. The number of nitrogens with zero attached hydrogens (tertiary/aromatic N) is 3. The number of nitrogens with one attached hydrogen (secondary N) is 1. The summed E-state index contributed by atoms with van der Waals surface area (Å²) in [7, 11) is 1.65. The van der Waals surface area contributed by atoms with Crippen molar-refractivity contribution in [3.05, 3.63) is 12.7 Å². The van der Waals surface area contributed by atoms with Gasteiger partial charge in [-0.05, 0) is 5.75 Å². The number of amidine groups is 1. The lowest BCUT2D eigenvalue weighted by Gasteiger charge is -2.35. The summed E-state index contributed by atoms with van der Waals surface area (Å²) in [5, 5.41) is 3.14. The van der Waals surface area contributed by atoms with Crippen LogP contribution in [0, 0.1) is 0 Å². The first kappa shape index (κ1) is 12.9. The SMILES string of the molecule is C=CCN1C(SCC)=NC2C1C(=O)NC(=O)N2C. The molecule has 0 aliphatic carbocycles. The molecule has 0 spiro atoms. The summed E-state index contributed by atoms with van der Waals surface area (Å²) in [4.78, 5) is 31.3. The fourth-order valence-corrected chi connectivity index (χ4v) is 2.88. The fraction of sp³-hybridized carbons (Fsp3) is 0.545. The summed E-state index contributed by atoms with van der Waals surface area (Å²) in [5.74, 6) is 0.575. The Hall–Kier alpha value is -1.50. The van der Waals surface area contributed by atoms with Gasteiger partial charge in [0.2, 0.25) is 0 Å². The van der Waals surface area contributed by atoms with E-state index in [-0.39, 0.29) is 5.91 Å². The minimum atomic E-state index is -0.445. The number of thioether (sulfide) groups is 1. The van der Waals surface area contributed by atoms with E-state index in [1.54, 1.807) is 24.9 Å². The summed E-state index contributed by atoms with van der Waals surface area (Å²) in [6.07, 6.45) is 1.30. The Morgan fingerprint density at radius 1 is 1.56 bits per heavy atom. The van der Waals surface area contributed by atoms with Gasteiger partial charge in [-0.1, -0.05) is 24.8 Å². The van der Waals surface area contributed by atoms with Crippen molar-refractivity contribution in [1.82, 2.24) is 15.1 Å². The number of rotatable bonds is 3. The van der Waals surface area contributed by atoms with Crippen LogP contribution in [0.5, 0.6) is 0 Å². The monoisotopic (exact) mass is 268 g/mol. The van der Waals surface area contributed by atoms with Crippen LogP contribution in [-0.2, 0) is 4.79 Å². The molecule has 2 rings (SSSR count). The topological polar surface area (TPSA) is 65.0 Å². The van der Waals surface area contributed by atoms with Crippen LogP contribution in [0.25, 0.3) is 0 Å². The van der Waals surface area contributed by atoms with Crippen LogP contribution in [0.15, 0.2) is 17.6 Å². The van der Waals surface area contributed by atoms with E-state index >= 15 is 0 Å². The van der Waals surface area contributed by atoms with Gasteiger partial charge in [0.25, 0.3) is 5.91 Å². The maximum atomic E-state index is 11.9. The highest BCUT2D eigenvalue weighted by Crippen LogP contribution is 2.27. The van der Waals surface area contributed by atoms with E-state index in [1.807, 2.05) is 11.8 Å². The fourth-order valence-electron chi connectivity index (χ4n) is 2.08. The van der Waals surface area contributed by atoms with Gasteiger partial charge in [0, 0.05) is 13.6 Å². The molecule has 98 valence electrons. The van der Waals surface area contributed by atoms with E-state index in [9.17, 15) is 9.59 Å². The normalized spacial score (nSPS) is 26.9. The Morgan fingerprint density at radius 2 is 2.28 bits per heavy atom. The van der Waals surface area contributed by atoms with E-state index in [1.165, 1.54) is 4.90 Å². The number of likely N-dealkylation sites (N-methyl/N-ethyl adjacent to an activating group) is 1. The molecular formula is C11H16N4O2S. The molecule has 6 nitrogen and oxygen atoms in total. The molecular weight excluding hydrogens is 252 g/mol. The number of fused-ring (bicyclic) bond motifs is 1. The van der Waals surface area contributed by atoms with Gasteiger partial charge >= 0.3 is 6.03 Å². The Kier molecular flexibility index (Phi) is 3.60. The molecule has 7 heteroatoms. The van der Waals surface area contributed by atoms with Gasteiger partial charge in [0.15, 0.2) is 17.4 Å². The zero-order chi connectivity index (χ0) is 13.3. The number of urea groups is 1. The lowest BCUT2D eigenvalue weighted by molar-refractivity contribution is -0.126. The Labute approximate surface area is 110 Å². The predicted octanol–water partition coefficient (Wildman–Crippen LogP) is 0.473. The van der Waals surface area contributed by atoms with E-state index in [0.717, 1.165) is 10.9 Å². The molecule has 0 aromatic rings. The summed E-state index contributed by atoms with van der Waals surface area (Å²) in [6.45, 7) is 6.27. The first-order chi connectivity index (χ1) is 8.60. The molecule has 2 unspecified atom stereocenters. The molecule has 2 atom stereocenters. The van der Waals surface area contributed by atoms with Crippen LogP contribution in [0.2, 0.25) is 0 Å². The number of aliphatic imine (C=N–C) groups is 1. The molecule has 0 aromatic heterocycles. The Balaban J connectivity index is 2.31. The molecule has 0 aromatic carbocycles. The van der Waals surface area contributed by atoms with Gasteiger partial charge in [0.05, 0.1) is 0 Å². The van der Waals surface area contributed by atoms with Crippen LogP contribution >= 0.6 is 11.8 Å². The first-order valence-electron chi connectivity index (χ1n) is 5.76. The van der Waals surface area contributed by atoms with Crippen LogP contribution in [0.3, 0.4) is 0 Å². The lowest BCUT2D eigenvalue weighted by atomic mass is 10.1. The molecule has 2 aliphatic rings. The number of carbonyl (C=O) groups excluding carboxylic acids is 2. The predicted molar refractivity (Wildman–Crippen MR) is 71.3 cm³/mol. The van der Waals surface area contributed by atoms with Gasteiger partial charge in [0.1, 0.15) is 0 Å². The van der Waals surface area contributed by atoms with Crippen LogP contribution in [0.4, 0.5) is 4.79 Å². The molecule has 1 fully saturated rings.